The molecule has 0 spiro atoms. The van der Waals surface area contributed by atoms with Gasteiger partial charge in [-0.1, -0.05) is 30.3 Å². The third-order valence-electron chi connectivity index (χ3n) is 6.42. The van der Waals surface area contributed by atoms with Gasteiger partial charge >= 0.3 is 0 Å². The summed E-state index contributed by atoms with van der Waals surface area (Å²) in [6.07, 6.45) is 5.64. The number of fused-ring (bicyclic) bond motifs is 1. The number of carbonyl (C=O) groups is 2. The first-order valence-electron chi connectivity index (χ1n) is 11.0. The van der Waals surface area contributed by atoms with Crippen molar-refractivity contribution in [2.45, 2.75) is 38.1 Å². The normalized spacial score (nSPS) is 19.8. The van der Waals surface area contributed by atoms with Crippen molar-refractivity contribution in [1.29, 1.82) is 0 Å². The minimum atomic E-state index is -0.0774. The number of carbonyl (C=O) groups excluding carboxylic acids is 2. The summed E-state index contributed by atoms with van der Waals surface area (Å²) in [6, 6.07) is 10.6. The molecule has 0 saturated carbocycles. The SMILES string of the molecule is Cn1nc(C(=O)NCCc2ccccc2)c2c1CCC(N1CCCN(C=O)CC1)C2. The lowest BCUT2D eigenvalue weighted by molar-refractivity contribution is -0.118. The van der Waals surface area contributed by atoms with Gasteiger partial charge in [0.15, 0.2) is 5.69 Å². The predicted molar refractivity (Wildman–Crippen MR) is 115 cm³/mol. The van der Waals surface area contributed by atoms with Crippen LogP contribution in [-0.4, -0.2) is 70.7 Å². The van der Waals surface area contributed by atoms with Crippen molar-refractivity contribution >= 4 is 12.3 Å². The number of aromatic nitrogens is 2. The van der Waals surface area contributed by atoms with Gasteiger partial charge in [0, 0.05) is 57.1 Å². The van der Waals surface area contributed by atoms with Gasteiger partial charge in [-0.25, -0.2) is 0 Å². The van der Waals surface area contributed by atoms with Crippen LogP contribution in [0.3, 0.4) is 0 Å². The average Bonchev–Trinajstić information content (AvgIpc) is 2.95. The molecule has 1 fully saturated rings. The molecule has 160 valence electrons. The second-order valence-electron chi connectivity index (χ2n) is 8.32. The van der Waals surface area contributed by atoms with Gasteiger partial charge in [-0.15, -0.1) is 0 Å². The summed E-state index contributed by atoms with van der Waals surface area (Å²) in [6.45, 7) is 4.12. The van der Waals surface area contributed by atoms with E-state index in [4.69, 9.17) is 0 Å². The maximum Gasteiger partial charge on any atom is 0.272 e. The van der Waals surface area contributed by atoms with Crippen LogP contribution in [0.25, 0.3) is 0 Å². The summed E-state index contributed by atoms with van der Waals surface area (Å²) in [4.78, 5) is 28.4. The maximum atomic E-state index is 12.9. The van der Waals surface area contributed by atoms with Crippen molar-refractivity contribution in [3.05, 3.63) is 52.8 Å². The van der Waals surface area contributed by atoms with Gasteiger partial charge in [-0.05, 0) is 37.7 Å². The highest BCUT2D eigenvalue weighted by Gasteiger charge is 2.31. The van der Waals surface area contributed by atoms with Crippen molar-refractivity contribution < 1.29 is 9.59 Å². The van der Waals surface area contributed by atoms with Crippen molar-refractivity contribution in [1.82, 2.24) is 24.9 Å². The van der Waals surface area contributed by atoms with Gasteiger partial charge in [-0.2, -0.15) is 5.10 Å². The summed E-state index contributed by atoms with van der Waals surface area (Å²) in [7, 11) is 1.94. The third-order valence-corrected chi connectivity index (χ3v) is 6.42. The Labute approximate surface area is 178 Å². The molecule has 7 heteroatoms. The Bertz CT molecular complexity index is 879. The highest BCUT2D eigenvalue weighted by Crippen LogP contribution is 2.27. The van der Waals surface area contributed by atoms with Crippen LogP contribution in [0.2, 0.25) is 0 Å². The molecule has 1 aromatic carbocycles. The lowest BCUT2D eigenvalue weighted by Gasteiger charge is -2.33. The minimum absolute atomic E-state index is 0.0774. The molecular weight excluding hydrogens is 378 g/mol. The van der Waals surface area contributed by atoms with Crippen LogP contribution in [0.5, 0.6) is 0 Å². The lowest BCUT2D eigenvalue weighted by Crippen LogP contribution is -2.42. The fraction of sp³-hybridized carbons (Fsp3) is 0.522. The van der Waals surface area contributed by atoms with E-state index in [0.717, 1.165) is 70.3 Å². The number of nitrogens with zero attached hydrogens (tertiary/aromatic N) is 4. The van der Waals surface area contributed by atoms with Crippen LogP contribution in [0.15, 0.2) is 30.3 Å². The molecule has 0 bridgehead atoms. The standard InChI is InChI=1S/C23H31N5O2/c1-26-21-9-8-19(28-13-5-12-27(17-29)14-15-28)16-20(21)22(25-26)23(30)24-11-10-18-6-3-2-4-7-18/h2-4,6-7,17,19H,5,8-16H2,1H3,(H,24,30). The van der Waals surface area contributed by atoms with Crippen LogP contribution in [0.4, 0.5) is 0 Å². The molecule has 2 aromatic rings. The zero-order valence-corrected chi connectivity index (χ0v) is 17.7. The first-order valence-corrected chi connectivity index (χ1v) is 11.0. The quantitative estimate of drug-likeness (QED) is 0.733. The summed E-state index contributed by atoms with van der Waals surface area (Å²) < 4.78 is 1.88. The van der Waals surface area contributed by atoms with E-state index in [1.807, 2.05) is 34.8 Å². The number of nitrogens with one attached hydrogen (secondary N) is 1. The molecule has 2 aliphatic rings. The molecule has 4 rings (SSSR count). The summed E-state index contributed by atoms with van der Waals surface area (Å²) in [5.41, 5.74) is 4.08. The molecule has 1 unspecified atom stereocenters. The molecule has 1 atom stereocenters. The molecular formula is C23H31N5O2. The highest BCUT2D eigenvalue weighted by atomic mass is 16.2. The van der Waals surface area contributed by atoms with E-state index in [2.05, 4.69) is 27.4 Å². The Hall–Kier alpha value is -2.67. The van der Waals surface area contributed by atoms with Crippen LogP contribution in [0.1, 0.15) is 40.2 Å². The Morgan fingerprint density at radius 2 is 2.03 bits per heavy atom. The van der Waals surface area contributed by atoms with Gasteiger partial charge in [-0.3, -0.25) is 19.2 Å². The Balaban J connectivity index is 1.41. The largest absolute Gasteiger partial charge is 0.350 e. The monoisotopic (exact) mass is 409 g/mol. The topological polar surface area (TPSA) is 70.5 Å². The first kappa shape index (κ1) is 20.6. The highest BCUT2D eigenvalue weighted by molar-refractivity contribution is 5.94. The number of rotatable bonds is 6. The minimum Gasteiger partial charge on any atom is -0.350 e. The zero-order valence-electron chi connectivity index (χ0n) is 17.7. The third kappa shape index (κ3) is 4.56. The van der Waals surface area contributed by atoms with Gasteiger partial charge in [0.1, 0.15) is 0 Å². The zero-order chi connectivity index (χ0) is 20.9. The molecule has 1 aromatic heterocycles. The first-order chi connectivity index (χ1) is 14.7. The van der Waals surface area contributed by atoms with Gasteiger partial charge in [0.2, 0.25) is 6.41 Å². The molecule has 1 saturated heterocycles. The van der Waals surface area contributed by atoms with E-state index < -0.39 is 0 Å². The predicted octanol–water partition coefficient (Wildman–Crippen LogP) is 1.41. The van der Waals surface area contributed by atoms with Crippen molar-refractivity contribution in [3.63, 3.8) is 0 Å². The second-order valence-corrected chi connectivity index (χ2v) is 8.32. The van der Waals surface area contributed by atoms with Crippen LogP contribution < -0.4 is 5.32 Å². The van der Waals surface area contributed by atoms with Crippen LogP contribution >= 0.6 is 0 Å². The van der Waals surface area contributed by atoms with Crippen molar-refractivity contribution in [2.24, 2.45) is 7.05 Å². The Morgan fingerprint density at radius 3 is 2.83 bits per heavy atom. The van der Waals surface area contributed by atoms with Gasteiger partial charge in [0.25, 0.3) is 5.91 Å². The Morgan fingerprint density at radius 1 is 1.20 bits per heavy atom. The van der Waals surface area contributed by atoms with Crippen molar-refractivity contribution in [3.8, 4) is 0 Å². The molecule has 2 amide bonds. The van der Waals surface area contributed by atoms with Crippen molar-refractivity contribution in [2.75, 3.05) is 32.7 Å². The van der Waals surface area contributed by atoms with E-state index in [-0.39, 0.29) is 5.91 Å². The Kier molecular flexibility index (Phi) is 6.47. The smallest absolute Gasteiger partial charge is 0.272 e. The molecule has 2 heterocycles. The summed E-state index contributed by atoms with van der Waals surface area (Å²) in [5, 5.41) is 7.63. The number of amides is 2. The molecule has 1 aliphatic carbocycles. The van der Waals surface area contributed by atoms with E-state index in [1.165, 1.54) is 11.3 Å². The molecule has 7 nitrogen and oxygen atoms in total. The fourth-order valence-corrected chi connectivity index (χ4v) is 4.74. The molecule has 0 radical (unpaired) electrons. The number of hydrogen-bond donors (Lipinski definition) is 1. The van der Waals surface area contributed by atoms with Gasteiger partial charge in [0.05, 0.1) is 0 Å². The number of hydrogen-bond acceptors (Lipinski definition) is 4. The number of aryl methyl sites for hydroxylation is 1. The van der Waals surface area contributed by atoms with Gasteiger partial charge < -0.3 is 10.2 Å². The fourth-order valence-electron chi connectivity index (χ4n) is 4.74. The van der Waals surface area contributed by atoms with E-state index >= 15 is 0 Å². The lowest BCUT2D eigenvalue weighted by atomic mass is 9.90. The van der Waals surface area contributed by atoms with E-state index in [1.54, 1.807) is 0 Å². The second kappa shape index (κ2) is 9.43. The summed E-state index contributed by atoms with van der Waals surface area (Å²) >= 11 is 0. The van der Waals surface area contributed by atoms with E-state index in [0.29, 0.717) is 18.3 Å². The van der Waals surface area contributed by atoms with E-state index in [9.17, 15) is 9.59 Å². The molecule has 30 heavy (non-hydrogen) atoms. The van der Waals surface area contributed by atoms with Crippen LogP contribution in [0, 0.1) is 0 Å². The van der Waals surface area contributed by atoms with Crippen LogP contribution in [-0.2, 0) is 31.1 Å². The molecule has 1 N–H and O–H groups in total. The maximum absolute atomic E-state index is 12.9. The summed E-state index contributed by atoms with van der Waals surface area (Å²) in [5.74, 6) is -0.0774. The number of benzene rings is 1. The molecule has 1 aliphatic heterocycles. The average molecular weight is 410 g/mol.